The summed E-state index contributed by atoms with van der Waals surface area (Å²) in [6, 6.07) is 15.6. The molecule has 0 aliphatic carbocycles. The van der Waals surface area contributed by atoms with Gasteiger partial charge in [0.2, 0.25) is 10.0 Å². The predicted octanol–water partition coefficient (Wildman–Crippen LogP) is 4.27. The maximum Gasteiger partial charge on any atom is 0.279 e. The van der Waals surface area contributed by atoms with Crippen molar-refractivity contribution in [3.63, 3.8) is 0 Å². The normalized spacial score (nSPS) is 16.4. The zero-order valence-corrected chi connectivity index (χ0v) is 19.7. The molecule has 34 heavy (non-hydrogen) atoms. The fourth-order valence-electron chi connectivity index (χ4n) is 3.51. The van der Waals surface area contributed by atoms with Gasteiger partial charge in [-0.3, -0.25) is 4.72 Å². The van der Waals surface area contributed by atoms with Gasteiger partial charge in [0, 0.05) is 12.1 Å². The third-order valence-electron chi connectivity index (χ3n) is 5.36. The Balaban J connectivity index is 1.71. The molecular weight excluding hydrogens is 484 g/mol. The Kier molecular flexibility index (Phi) is 6.41. The Labute approximate surface area is 196 Å². The van der Waals surface area contributed by atoms with Gasteiger partial charge in [0.05, 0.1) is 22.4 Å². The molecule has 4 rings (SSSR count). The van der Waals surface area contributed by atoms with Gasteiger partial charge in [-0.1, -0.05) is 24.3 Å². The first-order valence-electron chi connectivity index (χ1n) is 10.3. The SMILES string of the molecule is CCS(=O)(=O)Nc1ccc(C2=NN(S(=O)(=O)c3ccc(F)cc3)[C@H](c3ccc(F)cc3)C2)cc1. The van der Waals surface area contributed by atoms with Crippen LogP contribution in [0.15, 0.2) is 82.8 Å². The van der Waals surface area contributed by atoms with Crippen molar-refractivity contribution in [2.24, 2.45) is 5.10 Å². The molecule has 0 saturated carbocycles. The van der Waals surface area contributed by atoms with E-state index in [1.54, 1.807) is 24.3 Å². The third-order valence-corrected chi connectivity index (χ3v) is 8.36. The molecule has 0 unspecified atom stereocenters. The number of nitrogens with one attached hydrogen (secondary N) is 1. The van der Waals surface area contributed by atoms with Crippen LogP contribution < -0.4 is 4.72 Å². The lowest BCUT2D eigenvalue weighted by Gasteiger charge is -2.23. The molecule has 3 aromatic carbocycles. The van der Waals surface area contributed by atoms with Crippen LogP contribution in [-0.2, 0) is 20.0 Å². The van der Waals surface area contributed by atoms with E-state index in [2.05, 4.69) is 9.82 Å². The highest BCUT2D eigenvalue weighted by molar-refractivity contribution is 7.92. The topological polar surface area (TPSA) is 95.9 Å². The van der Waals surface area contributed by atoms with Crippen LogP contribution in [0, 0.1) is 11.6 Å². The van der Waals surface area contributed by atoms with Crippen LogP contribution in [0.3, 0.4) is 0 Å². The van der Waals surface area contributed by atoms with Crippen molar-refractivity contribution in [3.8, 4) is 0 Å². The Morgan fingerprint density at radius 2 is 1.44 bits per heavy atom. The first-order chi connectivity index (χ1) is 16.1. The second-order valence-corrected chi connectivity index (χ2v) is 11.4. The Hall–Kier alpha value is -3.31. The van der Waals surface area contributed by atoms with Crippen molar-refractivity contribution in [1.29, 1.82) is 0 Å². The van der Waals surface area contributed by atoms with Gasteiger partial charge in [-0.15, -0.1) is 0 Å². The molecule has 7 nitrogen and oxygen atoms in total. The monoisotopic (exact) mass is 505 g/mol. The summed E-state index contributed by atoms with van der Waals surface area (Å²) in [6.45, 7) is 1.52. The maximum atomic E-state index is 13.5. The summed E-state index contributed by atoms with van der Waals surface area (Å²) in [5, 5.41) is 4.37. The summed E-state index contributed by atoms with van der Waals surface area (Å²) in [7, 11) is -7.59. The minimum Gasteiger partial charge on any atom is -0.284 e. The third kappa shape index (κ3) is 4.95. The smallest absolute Gasteiger partial charge is 0.279 e. The minimum atomic E-state index is -4.15. The molecule has 0 saturated heterocycles. The summed E-state index contributed by atoms with van der Waals surface area (Å²) in [5.74, 6) is -1.10. The van der Waals surface area contributed by atoms with Crippen LogP contribution in [-0.4, -0.2) is 32.7 Å². The van der Waals surface area contributed by atoms with E-state index in [1.807, 2.05) is 0 Å². The fourth-order valence-corrected chi connectivity index (χ4v) is 5.59. The predicted molar refractivity (Wildman–Crippen MR) is 125 cm³/mol. The number of halogens is 2. The quantitative estimate of drug-likeness (QED) is 0.519. The lowest BCUT2D eigenvalue weighted by molar-refractivity contribution is 0.371. The van der Waals surface area contributed by atoms with Gasteiger partial charge in [0.15, 0.2) is 0 Å². The number of benzene rings is 3. The van der Waals surface area contributed by atoms with E-state index in [0.717, 1.165) is 28.7 Å². The molecule has 0 spiro atoms. The molecule has 0 fully saturated rings. The van der Waals surface area contributed by atoms with Crippen molar-refractivity contribution < 1.29 is 25.6 Å². The summed E-state index contributed by atoms with van der Waals surface area (Å²) >= 11 is 0. The molecule has 3 aromatic rings. The Bertz CT molecular complexity index is 1420. The molecule has 178 valence electrons. The van der Waals surface area contributed by atoms with Crippen molar-refractivity contribution >= 4 is 31.4 Å². The van der Waals surface area contributed by atoms with Gasteiger partial charge in [0.1, 0.15) is 11.6 Å². The van der Waals surface area contributed by atoms with E-state index in [-0.39, 0.29) is 17.1 Å². The van der Waals surface area contributed by atoms with Gasteiger partial charge >= 0.3 is 0 Å². The molecule has 1 N–H and O–H groups in total. The van der Waals surface area contributed by atoms with Crippen LogP contribution in [0.5, 0.6) is 0 Å². The van der Waals surface area contributed by atoms with Crippen LogP contribution in [0.25, 0.3) is 0 Å². The van der Waals surface area contributed by atoms with Crippen LogP contribution in [0.2, 0.25) is 0 Å². The zero-order valence-electron chi connectivity index (χ0n) is 18.0. The van der Waals surface area contributed by atoms with Crippen molar-refractivity contribution in [2.45, 2.75) is 24.3 Å². The highest BCUT2D eigenvalue weighted by Crippen LogP contribution is 2.37. The van der Waals surface area contributed by atoms with Crippen molar-refractivity contribution in [3.05, 3.63) is 95.6 Å². The van der Waals surface area contributed by atoms with E-state index >= 15 is 0 Å². The first kappa shape index (κ1) is 23.8. The van der Waals surface area contributed by atoms with Crippen LogP contribution in [0.1, 0.15) is 30.5 Å². The second kappa shape index (κ2) is 9.15. The van der Waals surface area contributed by atoms with Gasteiger partial charge < -0.3 is 0 Å². The van der Waals surface area contributed by atoms with E-state index < -0.39 is 37.7 Å². The maximum absolute atomic E-state index is 13.5. The molecule has 1 heterocycles. The van der Waals surface area contributed by atoms with E-state index in [4.69, 9.17) is 0 Å². The lowest BCUT2D eigenvalue weighted by atomic mass is 9.99. The first-order valence-corrected chi connectivity index (χ1v) is 13.4. The summed E-state index contributed by atoms with van der Waals surface area (Å²) in [4.78, 5) is -0.129. The Morgan fingerprint density at radius 1 is 0.882 bits per heavy atom. The lowest BCUT2D eigenvalue weighted by Crippen LogP contribution is -2.27. The highest BCUT2D eigenvalue weighted by Gasteiger charge is 2.37. The highest BCUT2D eigenvalue weighted by atomic mass is 32.2. The van der Waals surface area contributed by atoms with Crippen molar-refractivity contribution in [1.82, 2.24) is 4.41 Å². The summed E-state index contributed by atoms with van der Waals surface area (Å²) < 4.78 is 80.5. The number of nitrogens with zero attached hydrogens (tertiary/aromatic N) is 2. The number of hydrazone groups is 1. The van der Waals surface area contributed by atoms with Crippen LogP contribution >= 0.6 is 0 Å². The number of hydrogen-bond acceptors (Lipinski definition) is 5. The number of hydrogen-bond donors (Lipinski definition) is 1. The minimum absolute atomic E-state index is 0.0724. The van der Waals surface area contributed by atoms with E-state index in [1.165, 1.54) is 31.2 Å². The fraction of sp³-hybridized carbons (Fsp3) is 0.174. The van der Waals surface area contributed by atoms with Crippen molar-refractivity contribution in [2.75, 3.05) is 10.5 Å². The molecule has 0 amide bonds. The van der Waals surface area contributed by atoms with Gasteiger partial charge in [0.25, 0.3) is 10.0 Å². The molecule has 1 atom stereocenters. The largest absolute Gasteiger partial charge is 0.284 e. The van der Waals surface area contributed by atoms with Gasteiger partial charge in [-0.2, -0.15) is 17.9 Å². The molecule has 1 aliphatic rings. The van der Waals surface area contributed by atoms with E-state index in [9.17, 15) is 25.6 Å². The molecule has 11 heteroatoms. The molecule has 0 aromatic heterocycles. The number of sulfonamides is 2. The zero-order chi connectivity index (χ0) is 24.5. The molecule has 1 aliphatic heterocycles. The van der Waals surface area contributed by atoms with Gasteiger partial charge in [-0.25, -0.2) is 17.2 Å². The molecule has 0 radical (unpaired) electrons. The number of rotatable bonds is 7. The summed E-state index contributed by atoms with van der Waals surface area (Å²) in [5.41, 5.74) is 1.96. The Morgan fingerprint density at radius 3 is 2.00 bits per heavy atom. The van der Waals surface area contributed by atoms with E-state index in [0.29, 0.717) is 22.5 Å². The average Bonchev–Trinajstić information content (AvgIpc) is 3.26. The molecular formula is C23H21F2N3O4S2. The number of anilines is 1. The second-order valence-electron chi connectivity index (χ2n) is 7.63. The average molecular weight is 506 g/mol. The molecule has 0 bridgehead atoms. The standard InChI is InChI=1S/C23H21F2N3O4S2/c1-2-33(29,30)27-20-11-5-16(6-12-20)22-15-23(17-3-7-18(24)8-4-17)28(26-22)34(31,32)21-13-9-19(25)10-14-21/h3-14,23,27H,2,15H2,1H3/t23-/m0/s1. The van der Waals surface area contributed by atoms with Crippen LogP contribution in [0.4, 0.5) is 14.5 Å². The summed E-state index contributed by atoms with van der Waals surface area (Å²) in [6.07, 6.45) is 0.200. The van der Waals surface area contributed by atoms with Gasteiger partial charge in [-0.05, 0) is 66.6 Å².